The summed E-state index contributed by atoms with van der Waals surface area (Å²) in [7, 11) is 1.91. The first kappa shape index (κ1) is 14.1. The van der Waals surface area contributed by atoms with E-state index in [0.717, 1.165) is 34.5 Å². The summed E-state index contributed by atoms with van der Waals surface area (Å²) in [5.74, 6) is -0.202. The van der Waals surface area contributed by atoms with Crippen LogP contribution < -0.4 is 5.32 Å². The summed E-state index contributed by atoms with van der Waals surface area (Å²) in [5.41, 5.74) is 3.05. The Hall–Kier alpha value is -1.33. The summed E-state index contributed by atoms with van der Waals surface area (Å²) in [5, 5.41) is 7.49. The zero-order chi connectivity index (χ0) is 13.8. The predicted molar refractivity (Wildman–Crippen MR) is 75.9 cm³/mol. The van der Waals surface area contributed by atoms with Crippen LogP contribution in [0.15, 0.2) is 18.2 Å². The third-order valence-corrected chi connectivity index (χ3v) is 4.00. The second-order valence-electron chi connectivity index (χ2n) is 4.56. The highest BCUT2D eigenvalue weighted by molar-refractivity contribution is 7.05. The molecule has 2 aromatic rings. The Labute approximate surface area is 117 Å². The van der Waals surface area contributed by atoms with Gasteiger partial charge in [-0.2, -0.15) is 0 Å². The van der Waals surface area contributed by atoms with Gasteiger partial charge in [0.25, 0.3) is 0 Å². The average Bonchev–Trinajstić information content (AvgIpc) is 2.82. The van der Waals surface area contributed by atoms with Crippen LogP contribution in [0.5, 0.6) is 0 Å². The minimum atomic E-state index is -0.202. The maximum atomic E-state index is 13.2. The first-order valence-electron chi connectivity index (χ1n) is 6.41. The van der Waals surface area contributed by atoms with Crippen molar-refractivity contribution in [2.24, 2.45) is 0 Å². The molecule has 0 amide bonds. The fraction of sp³-hybridized carbons (Fsp3) is 0.429. The molecular formula is C14H18FN3S. The highest BCUT2D eigenvalue weighted by Gasteiger charge is 2.20. The summed E-state index contributed by atoms with van der Waals surface area (Å²) in [6.07, 6.45) is 1.96. The van der Waals surface area contributed by atoms with Crippen LogP contribution in [0.2, 0.25) is 0 Å². The molecule has 0 saturated carbocycles. The van der Waals surface area contributed by atoms with Gasteiger partial charge in [-0.1, -0.05) is 23.9 Å². The standard InChI is InChI=1S/C14H18FN3S/c1-4-5-12-14(19-18-17-12)13(16-3)11-7-6-10(15)8-9(11)2/h6-8,13,16H,4-5H2,1-3H3. The number of nitrogens with one attached hydrogen (secondary N) is 1. The molecule has 1 unspecified atom stereocenters. The van der Waals surface area contributed by atoms with Crippen molar-refractivity contribution in [3.05, 3.63) is 45.7 Å². The van der Waals surface area contributed by atoms with Crippen molar-refractivity contribution in [3.63, 3.8) is 0 Å². The van der Waals surface area contributed by atoms with Crippen LogP contribution in [-0.2, 0) is 6.42 Å². The van der Waals surface area contributed by atoms with Gasteiger partial charge in [0, 0.05) is 0 Å². The lowest BCUT2D eigenvalue weighted by molar-refractivity contribution is 0.621. The normalized spacial score (nSPS) is 12.6. The summed E-state index contributed by atoms with van der Waals surface area (Å²) in [6.45, 7) is 4.05. The molecule has 3 nitrogen and oxygen atoms in total. The van der Waals surface area contributed by atoms with Crippen LogP contribution in [0.3, 0.4) is 0 Å². The Kier molecular flexibility index (Phi) is 4.61. The summed E-state index contributed by atoms with van der Waals surface area (Å²) in [4.78, 5) is 1.12. The summed E-state index contributed by atoms with van der Waals surface area (Å²) < 4.78 is 17.3. The van der Waals surface area contributed by atoms with E-state index in [1.807, 2.05) is 20.0 Å². The van der Waals surface area contributed by atoms with E-state index in [0.29, 0.717) is 0 Å². The molecule has 1 aromatic carbocycles. The molecule has 0 aliphatic heterocycles. The van der Waals surface area contributed by atoms with E-state index >= 15 is 0 Å². The Bertz CT molecular complexity index is 553. The molecule has 2 rings (SSSR count). The average molecular weight is 279 g/mol. The number of hydrogen-bond acceptors (Lipinski definition) is 4. The van der Waals surface area contributed by atoms with E-state index in [-0.39, 0.29) is 11.9 Å². The molecular weight excluding hydrogens is 261 g/mol. The molecule has 19 heavy (non-hydrogen) atoms. The predicted octanol–water partition coefficient (Wildman–Crippen LogP) is 3.25. The number of benzene rings is 1. The second kappa shape index (κ2) is 6.21. The van der Waals surface area contributed by atoms with Crippen molar-refractivity contribution in [2.75, 3.05) is 7.05 Å². The Morgan fingerprint density at radius 1 is 1.42 bits per heavy atom. The second-order valence-corrected chi connectivity index (χ2v) is 5.34. The minimum Gasteiger partial charge on any atom is -0.309 e. The van der Waals surface area contributed by atoms with Gasteiger partial charge < -0.3 is 5.32 Å². The number of hydrogen-bond donors (Lipinski definition) is 1. The first-order chi connectivity index (χ1) is 9.17. The molecule has 0 aliphatic carbocycles. The van der Waals surface area contributed by atoms with Crippen molar-refractivity contribution in [3.8, 4) is 0 Å². The topological polar surface area (TPSA) is 37.8 Å². The van der Waals surface area contributed by atoms with E-state index in [2.05, 4.69) is 21.8 Å². The smallest absolute Gasteiger partial charge is 0.123 e. The largest absolute Gasteiger partial charge is 0.309 e. The lowest BCUT2D eigenvalue weighted by Crippen LogP contribution is -2.19. The quantitative estimate of drug-likeness (QED) is 0.913. The highest BCUT2D eigenvalue weighted by Crippen LogP contribution is 2.29. The lowest BCUT2D eigenvalue weighted by atomic mass is 9.98. The third kappa shape index (κ3) is 2.98. The van der Waals surface area contributed by atoms with Crippen LogP contribution >= 0.6 is 11.5 Å². The van der Waals surface area contributed by atoms with Gasteiger partial charge in [0.05, 0.1) is 16.6 Å². The molecule has 102 valence electrons. The van der Waals surface area contributed by atoms with E-state index in [1.54, 1.807) is 6.07 Å². The van der Waals surface area contributed by atoms with Gasteiger partial charge >= 0.3 is 0 Å². The molecule has 0 bridgehead atoms. The number of aromatic nitrogens is 2. The molecule has 1 atom stereocenters. The van der Waals surface area contributed by atoms with Crippen LogP contribution in [0, 0.1) is 12.7 Å². The molecule has 0 saturated heterocycles. The Balaban J connectivity index is 2.41. The molecule has 1 N–H and O–H groups in total. The zero-order valence-electron chi connectivity index (χ0n) is 11.4. The van der Waals surface area contributed by atoms with Crippen LogP contribution in [0.4, 0.5) is 4.39 Å². The van der Waals surface area contributed by atoms with Crippen molar-refractivity contribution >= 4 is 11.5 Å². The number of aryl methyl sites for hydroxylation is 2. The maximum Gasteiger partial charge on any atom is 0.123 e. The molecule has 1 aromatic heterocycles. The highest BCUT2D eigenvalue weighted by atomic mass is 32.1. The van der Waals surface area contributed by atoms with Crippen molar-refractivity contribution < 1.29 is 4.39 Å². The number of halogens is 1. The summed E-state index contributed by atoms with van der Waals surface area (Å²) in [6, 6.07) is 4.93. The monoisotopic (exact) mass is 279 g/mol. The van der Waals surface area contributed by atoms with Crippen molar-refractivity contribution in [1.29, 1.82) is 0 Å². The van der Waals surface area contributed by atoms with Gasteiger partial charge in [0.2, 0.25) is 0 Å². The third-order valence-electron chi connectivity index (χ3n) is 3.17. The fourth-order valence-corrected chi connectivity index (χ4v) is 3.06. The zero-order valence-corrected chi connectivity index (χ0v) is 12.2. The van der Waals surface area contributed by atoms with Crippen LogP contribution in [0.25, 0.3) is 0 Å². The molecule has 0 fully saturated rings. The van der Waals surface area contributed by atoms with Gasteiger partial charge in [-0.25, -0.2) is 4.39 Å². The van der Waals surface area contributed by atoms with E-state index in [4.69, 9.17) is 0 Å². The minimum absolute atomic E-state index is 0.0298. The van der Waals surface area contributed by atoms with Crippen LogP contribution in [0.1, 0.15) is 41.1 Å². The van der Waals surface area contributed by atoms with E-state index in [1.165, 1.54) is 17.6 Å². The van der Waals surface area contributed by atoms with Gasteiger partial charge in [-0.3, -0.25) is 0 Å². The van der Waals surface area contributed by atoms with Gasteiger partial charge in [0.1, 0.15) is 5.82 Å². The molecule has 0 spiro atoms. The molecule has 0 radical (unpaired) electrons. The lowest BCUT2D eigenvalue weighted by Gasteiger charge is -2.18. The first-order valence-corrected chi connectivity index (χ1v) is 7.19. The van der Waals surface area contributed by atoms with E-state index in [9.17, 15) is 4.39 Å². The van der Waals surface area contributed by atoms with Crippen molar-refractivity contribution in [1.82, 2.24) is 14.9 Å². The number of rotatable bonds is 5. The SMILES string of the molecule is CCCc1nnsc1C(NC)c1ccc(F)cc1C. The van der Waals surface area contributed by atoms with Crippen molar-refractivity contribution in [2.45, 2.75) is 32.7 Å². The van der Waals surface area contributed by atoms with E-state index < -0.39 is 0 Å². The Morgan fingerprint density at radius 2 is 2.21 bits per heavy atom. The fourth-order valence-electron chi connectivity index (χ4n) is 2.24. The molecule has 1 heterocycles. The number of nitrogens with zero attached hydrogens (tertiary/aromatic N) is 2. The van der Waals surface area contributed by atoms with Gasteiger partial charge in [0.15, 0.2) is 0 Å². The Morgan fingerprint density at radius 3 is 2.84 bits per heavy atom. The van der Waals surface area contributed by atoms with Gasteiger partial charge in [-0.05, 0) is 55.2 Å². The molecule has 5 heteroatoms. The van der Waals surface area contributed by atoms with Crippen LogP contribution in [-0.4, -0.2) is 16.6 Å². The van der Waals surface area contributed by atoms with Gasteiger partial charge in [-0.15, -0.1) is 5.10 Å². The maximum absolute atomic E-state index is 13.2. The molecule has 0 aliphatic rings. The summed E-state index contributed by atoms with van der Waals surface area (Å²) >= 11 is 1.41.